The first kappa shape index (κ1) is 39.0. The van der Waals surface area contributed by atoms with E-state index in [0.717, 1.165) is 93.9 Å². The maximum Gasteiger partial charge on any atom is 0.166 e. The highest BCUT2D eigenvalue weighted by atomic mass is 16.3. The van der Waals surface area contributed by atoms with Crippen LogP contribution in [-0.4, -0.2) is 34.5 Å². The monoisotopic (exact) mass is 871 g/mol. The van der Waals surface area contributed by atoms with Crippen molar-refractivity contribution in [2.24, 2.45) is 0 Å². The third-order valence-electron chi connectivity index (χ3n) is 12.5. The molecule has 318 valence electrons. The third-order valence-corrected chi connectivity index (χ3v) is 12.5. The summed E-state index contributed by atoms with van der Waals surface area (Å²) in [6, 6.07) is 76.5. The first-order chi connectivity index (χ1) is 33.7. The van der Waals surface area contributed by atoms with Gasteiger partial charge in [0.25, 0.3) is 0 Å². The molecular formula is C60H37N7O. The van der Waals surface area contributed by atoms with Crippen molar-refractivity contribution in [1.82, 2.24) is 34.5 Å². The maximum absolute atomic E-state index is 6.21. The number of hydrogen-bond donors (Lipinski definition) is 0. The molecular weight excluding hydrogens is 835 g/mol. The van der Waals surface area contributed by atoms with Crippen molar-refractivity contribution in [3.8, 4) is 85.1 Å². The molecule has 0 amide bonds. The van der Waals surface area contributed by atoms with Gasteiger partial charge in [-0.15, -0.1) is 0 Å². The average molecular weight is 872 g/mol. The minimum Gasteiger partial charge on any atom is -0.456 e. The maximum atomic E-state index is 6.21. The summed E-state index contributed by atoms with van der Waals surface area (Å²) in [6.45, 7) is 0. The second-order valence-corrected chi connectivity index (χ2v) is 16.7. The van der Waals surface area contributed by atoms with Crippen molar-refractivity contribution in [3.05, 3.63) is 224 Å². The van der Waals surface area contributed by atoms with E-state index < -0.39 is 0 Å². The van der Waals surface area contributed by atoms with E-state index in [0.29, 0.717) is 34.9 Å². The van der Waals surface area contributed by atoms with E-state index in [2.05, 4.69) is 108 Å². The molecule has 0 bridgehead atoms. The Morgan fingerprint density at radius 1 is 0.279 bits per heavy atom. The lowest BCUT2D eigenvalue weighted by Gasteiger charge is -2.16. The fourth-order valence-corrected chi connectivity index (χ4v) is 9.33. The molecule has 0 N–H and O–H groups in total. The third kappa shape index (κ3) is 6.78. The number of para-hydroxylation sites is 2. The first-order valence-corrected chi connectivity index (χ1v) is 22.5. The van der Waals surface area contributed by atoms with E-state index in [1.54, 1.807) is 0 Å². The van der Waals surface area contributed by atoms with Crippen LogP contribution in [0.5, 0.6) is 0 Å². The lowest BCUT2D eigenvalue weighted by atomic mass is 9.99. The second-order valence-electron chi connectivity index (χ2n) is 16.7. The Bertz CT molecular complexity index is 3960. The van der Waals surface area contributed by atoms with Gasteiger partial charge in [-0.3, -0.25) is 0 Å². The van der Waals surface area contributed by atoms with Crippen LogP contribution in [0.3, 0.4) is 0 Å². The second kappa shape index (κ2) is 16.2. The molecule has 0 saturated heterocycles. The first-order valence-electron chi connectivity index (χ1n) is 22.5. The van der Waals surface area contributed by atoms with E-state index in [-0.39, 0.29) is 0 Å². The summed E-state index contributed by atoms with van der Waals surface area (Å²) >= 11 is 0. The zero-order chi connectivity index (χ0) is 45.0. The van der Waals surface area contributed by atoms with Gasteiger partial charge in [-0.25, -0.2) is 29.9 Å². The molecule has 0 atom stereocenters. The van der Waals surface area contributed by atoms with E-state index in [9.17, 15) is 0 Å². The van der Waals surface area contributed by atoms with Crippen LogP contribution in [0.2, 0.25) is 0 Å². The largest absolute Gasteiger partial charge is 0.456 e. The smallest absolute Gasteiger partial charge is 0.166 e. The normalized spacial score (nSPS) is 11.5. The van der Waals surface area contributed by atoms with Crippen LogP contribution in [0.25, 0.3) is 129 Å². The van der Waals surface area contributed by atoms with Gasteiger partial charge in [-0.2, -0.15) is 0 Å². The molecule has 0 saturated carbocycles. The predicted molar refractivity (Wildman–Crippen MR) is 273 cm³/mol. The van der Waals surface area contributed by atoms with Crippen molar-refractivity contribution >= 4 is 43.7 Å². The SMILES string of the molecule is c1ccc(-c2nc(-c3ccc(-n4c5ccccc5c5c(-c6ccccc6)cccc54)c(-c4nc(-c5ccccc5)nc(-c5ccccc5)n4)c3)nc(-c3ccc4oc5ccccc5c4c3)n2)cc1. The zero-order valence-corrected chi connectivity index (χ0v) is 36.4. The summed E-state index contributed by atoms with van der Waals surface area (Å²) < 4.78 is 8.55. The average Bonchev–Trinajstić information content (AvgIpc) is 3.97. The lowest BCUT2D eigenvalue weighted by molar-refractivity contribution is 0.669. The molecule has 0 aliphatic rings. The molecule has 0 unspecified atom stereocenters. The Morgan fingerprint density at radius 3 is 1.35 bits per heavy atom. The summed E-state index contributed by atoms with van der Waals surface area (Å²) in [4.78, 5) is 31.3. The van der Waals surface area contributed by atoms with Crippen molar-refractivity contribution in [2.45, 2.75) is 0 Å². The molecule has 4 aromatic heterocycles. The molecule has 9 aromatic carbocycles. The predicted octanol–water partition coefficient (Wildman–Crippen LogP) is 14.7. The van der Waals surface area contributed by atoms with Crippen LogP contribution >= 0.6 is 0 Å². The summed E-state index contributed by atoms with van der Waals surface area (Å²) in [5.74, 6) is 3.25. The van der Waals surface area contributed by atoms with Crippen LogP contribution in [0.1, 0.15) is 0 Å². The van der Waals surface area contributed by atoms with Crippen LogP contribution in [0, 0.1) is 0 Å². The van der Waals surface area contributed by atoms with Crippen LogP contribution in [-0.2, 0) is 0 Å². The van der Waals surface area contributed by atoms with E-state index >= 15 is 0 Å². The molecule has 0 radical (unpaired) electrons. The summed E-state index contributed by atoms with van der Waals surface area (Å²) in [6.07, 6.45) is 0. The number of hydrogen-bond acceptors (Lipinski definition) is 7. The molecule has 0 aliphatic heterocycles. The van der Waals surface area contributed by atoms with Gasteiger partial charge in [0.05, 0.1) is 16.7 Å². The molecule has 13 rings (SSSR count). The highest BCUT2D eigenvalue weighted by molar-refractivity contribution is 6.16. The highest BCUT2D eigenvalue weighted by Crippen LogP contribution is 2.42. The minimum atomic E-state index is 0.507. The standard InChI is InChI=1S/C60H37N7O/c1-5-18-38(19-6-1)44-28-17-30-51-54(44)46-27-13-15-29-49(46)67(51)50-34-32-42(37-48(50)60-65-56(40-22-9-3-10-23-40)61-57(66-60)41-24-11-4-12-25-41)58-62-55(39-20-7-2-8-21-39)63-59(64-58)43-33-35-53-47(36-43)45-26-14-16-31-52(45)68-53/h1-37H. The minimum absolute atomic E-state index is 0.507. The van der Waals surface area contributed by atoms with Crippen LogP contribution in [0.4, 0.5) is 0 Å². The Morgan fingerprint density at radius 2 is 0.735 bits per heavy atom. The number of fused-ring (bicyclic) bond motifs is 6. The lowest BCUT2D eigenvalue weighted by Crippen LogP contribution is -2.05. The van der Waals surface area contributed by atoms with Crippen LogP contribution in [0.15, 0.2) is 229 Å². The molecule has 8 heteroatoms. The topological polar surface area (TPSA) is 95.4 Å². The highest BCUT2D eigenvalue weighted by Gasteiger charge is 2.23. The van der Waals surface area contributed by atoms with Gasteiger partial charge in [-0.05, 0) is 65.7 Å². The number of furan rings is 1. The Balaban J connectivity index is 1.09. The van der Waals surface area contributed by atoms with E-state index in [1.165, 1.54) is 0 Å². The van der Waals surface area contributed by atoms with E-state index in [4.69, 9.17) is 34.3 Å². The molecule has 0 aliphatic carbocycles. The Kier molecular flexibility index (Phi) is 9.31. The van der Waals surface area contributed by atoms with Gasteiger partial charge in [0.15, 0.2) is 34.9 Å². The molecule has 13 aromatic rings. The Hall–Kier alpha value is -9.40. The summed E-state index contributed by atoms with van der Waals surface area (Å²) in [5, 5.41) is 4.32. The molecule has 4 heterocycles. The van der Waals surface area contributed by atoms with Gasteiger partial charge in [0.2, 0.25) is 0 Å². The zero-order valence-electron chi connectivity index (χ0n) is 36.4. The van der Waals surface area contributed by atoms with Gasteiger partial charge in [-0.1, -0.05) is 170 Å². The molecule has 0 spiro atoms. The fraction of sp³-hybridized carbons (Fsp3) is 0. The van der Waals surface area contributed by atoms with E-state index in [1.807, 2.05) is 121 Å². The molecule has 8 nitrogen and oxygen atoms in total. The molecule has 68 heavy (non-hydrogen) atoms. The quantitative estimate of drug-likeness (QED) is 0.150. The molecule has 0 fully saturated rings. The van der Waals surface area contributed by atoms with Crippen molar-refractivity contribution in [3.63, 3.8) is 0 Å². The van der Waals surface area contributed by atoms with Gasteiger partial charge < -0.3 is 8.98 Å². The number of aromatic nitrogens is 7. The number of benzene rings is 9. The summed E-state index contributed by atoms with van der Waals surface area (Å²) in [5.41, 5.74) is 12.0. The summed E-state index contributed by atoms with van der Waals surface area (Å²) in [7, 11) is 0. The number of nitrogens with zero attached hydrogens (tertiary/aromatic N) is 7. The van der Waals surface area contributed by atoms with Crippen molar-refractivity contribution < 1.29 is 4.42 Å². The fourth-order valence-electron chi connectivity index (χ4n) is 9.33. The van der Waals surface area contributed by atoms with Gasteiger partial charge in [0, 0.05) is 54.9 Å². The number of rotatable bonds is 8. The van der Waals surface area contributed by atoms with Gasteiger partial charge >= 0.3 is 0 Å². The Labute approximate surface area is 390 Å². The van der Waals surface area contributed by atoms with Crippen molar-refractivity contribution in [1.29, 1.82) is 0 Å². The van der Waals surface area contributed by atoms with Gasteiger partial charge in [0.1, 0.15) is 11.2 Å². The van der Waals surface area contributed by atoms with Crippen LogP contribution < -0.4 is 0 Å². The van der Waals surface area contributed by atoms with Crippen molar-refractivity contribution in [2.75, 3.05) is 0 Å².